The third-order valence-electron chi connectivity index (χ3n) is 3.77. The van der Waals surface area contributed by atoms with Gasteiger partial charge in [-0.25, -0.2) is 0 Å². The van der Waals surface area contributed by atoms with E-state index in [9.17, 15) is 4.79 Å². The first-order chi connectivity index (χ1) is 9.66. The van der Waals surface area contributed by atoms with Crippen LogP contribution in [0.3, 0.4) is 0 Å². The summed E-state index contributed by atoms with van der Waals surface area (Å²) in [6.45, 7) is 2.91. The second-order valence-electron chi connectivity index (χ2n) is 5.16. The van der Waals surface area contributed by atoms with E-state index < -0.39 is 0 Å². The van der Waals surface area contributed by atoms with Gasteiger partial charge in [0, 0.05) is 28.4 Å². The summed E-state index contributed by atoms with van der Waals surface area (Å²) in [6, 6.07) is 11.4. The van der Waals surface area contributed by atoms with Crippen LogP contribution in [0, 0.1) is 6.92 Å². The third kappa shape index (κ3) is 2.32. The van der Waals surface area contributed by atoms with E-state index in [0.717, 1.165) is 41.8 Å². The Morgan fingerprint density at radius 3 is 2.90 bits per heavy atom. The molecule has 0 saturated heterocycles. The highest BCUT2D eigenvalue weighted by Gasteiger charge is 2.18. The number of fused-ring (bicyclic) bond motifs is 1. The monoisotopic (exact) mass is 285 g/mol. The number of carbonyl (C=O) groups excluding carboxylic acids is 1. The molecule has 1 heterocycles. The molecule has 2 aromatic rings. The van der Waals surface area contributed by atoms with Gasteiger partial charge in [-0.05, 0) is 43.0 Å². The van der Waals surface area contributed by atoms with Crippen molar-refractivity contribution in [2.24, 2.45) is 0 Å². The molecule has 1 N–H and O–H groups in total. The molecule has 0 amide bonds. The fourth-order valence-electron chi connectivity index (χ4n) is 2.61. The van der Waals surface area contributed by atoms with Crippen molar-refractivity contribution in [3.05, 3.63) is 63.7 Å². The van der Waals surface area contributed by atoms with Gasteiger partial charge in [-0.3, -0.25) is 4.79 Å². The van der Waals surface area contributed by atoms with E-state index in [0.29, 0.717) is 10.6 Å². The number of anilines is 1. The molecular weight excluding hydrogens is 270 g/mol. The van der Waals surface area contributed by atoms with E-state index in [1.807, 2.05) is 37.3 Å². The highest BCUT2D eigenvalue weighted by molar-refractivity contribution is 6.32. The van der Waals surface area contributed by atoms with E-state index in [1.54, 1.807) is 6.07 Å². The zero-order valence-corrected chi connectivity index (χ0v) is 12.1. The van der Waals surface area contributed by atoms with Crippen molar-refractivity contribution in [2.75, 3.05) is 11.9 Å². The first kappa shape index (κ1) is 13.2. The van der Waals surface area contributed by atoms with Crippen LogP contribution in [0.2, 0.25) is 5.02 Å². The van der Waals surface area contributed by atoms with E-state index in [-0.39, 0.29) is 5.78 Å². The molecule has 0 aromatic heterocycles. The van der Waals surface area contributed by atoms with Crippen molar-refractivity contribution in [2.45, 2.75) is 19.8 Å². The van der Waals surface area contributed by atoms with Gasteiger partial charge in [-0.15, -0.1) is 0 Å². The summed E-state index contributed by atoms with van der Waals surface area (Å²) in [4.78, 5) is 12.7. The molecule has 3 heteroatoms. The number of hydrogen-bond acceptors (Lipinski definition) is 2. The maximum absolute atomic E-state index is 12.7. The Bertz CT molecular complexity index is 679. The Morgan fingerprint density at radius 1 is 1.25 bits per heavy atom. The van der Waals surface area contributed by atoms with Crippen LogP contribution in [-0.2, 0) is 6.42 Å². The molecule has 3 rings (SSSR count). The molecule has 0 saturated carbocycles. The van der Waals surface area contributed by atoms with Gasteiger partial charge >= 0.3 is 0 Å². The molecule has 0 spiro atoms. The van der Waals surface area contributed by atoms with Gasteiger partial charge in [0.2, 0.25) is 0 Å². The number of ketones is 1. The lowest BCUT2D eigenvalue weighted by atomic mass is 9.92. The van der Waals surface area contributed by atoms with Crippen LogP contribution in [0.5, 0.6) is 0 Å². The van der Waals surface area contributed by atoms with Gasteiger partial charge < -0.3 is 5.32 Å². The minimum atomic E-state index is 0.0486. The van der Waals surface area contributed by atoms with Crippen LogP contribution in [0.15, 0.2) is 36.4 Å². The molecule has 2 nitrogen and oxygen atoms in total. The molecule has 1 aliphatic heterocycles. The number of nitrogens with one attached hydrogen (secondary N) is 1. The Labute approximate surface area is 123 Å². The Morgan fingerprint density at radius 2 is 2.10 bits per heavy atom. The van der Waals surface area contributed by atoms with E-state index in [4.69, 9.17) is 11.6 Å². The molecule has 0 atom stereocenters. The van der Waals surface area contributed by atoms with Crippen LogP contribution < -0.4 is 5.32 Å². The van der Waals surface area contributed by atoms with Crippen molar-refractivity contribution >= 4 is 23.1 Å². The lowest BCUT2D eigenvalue weighted by molar-refractivity contribution is 0.103. The summed E-state index contributed by atoms with van der Waals surface area (Å²) in [5.41, 5.74) is 4.63. The molecule has 102 valence electrons. The summed E-state index contributed by atoms with van der Waals surface area (Å²) in [7, 11) is 0. The minimum absolute atomic E-state index is 0.0486. The maximum Gasteiger partial charge on any atom is 0.193 e. The highest BCUT2D eigenvalue weighted by Crippen LogP contribution is 2.28. The Kier molecular flexibility index (Phi) is 3.49. The lowest BCUT2D eigenvalue weighted by Gasteiger charge is -2.20. The zero-order valence-electron chi connectivity index (χ0n) is 11.4. The van der Waals surface area contributed by atoms with E-state index in [1.165, 1.54) is 0 Å². The standard InChI is InChI=1S/C17H16ClNO/c1-11-7-8-12(10-15(11)18)17(20)14-4-2-6-16-13(14)5-3-9-19-16/h2,4,6-8,10,19H,3,5,9H2,1H3. The minimum Gasteiger partial charge on any atom is -0.385 e. The van der Waals surface area contributed by atoms with Gasteiger partial charge in [0.1, 0.15) is 0 Å². The van der Waals surface area contributed by atoms with Crippen LogP contribution in [0.1, 0.15) is 33.5 Å². The molecule has 20 heavy (non-hydrogen) atoms. The number of aryl methyl sites for hydroxylation is 1. The molecule has 0 radical (unpaired) electrons. The Hall–Kier alpha value is -1.80. The largest absolute Gasteiger partial charge is 0.385 e. The number of hydrogen-bond donors (Lipinski definition) is 1. The van der Waals surface area contributed by atoms with Gasteiger partial charge in [0.25, 0.3) is 0 Å². The first-order valence-electron chi connectivity index (χ1n) is 6.83. The van der Waals surface area contributed by atoms with Gasteiger partial charge in [-0.2, -0.15) is 0 Å². The zero-order chi connectivity index (χ0) is 14.1. The molecule has 0 fully saturated rings. The van der Waals surface area contributed by atoms with Crippen molar-refractivity contribution in [3.63, 3.8) is 0 Å². The second kappa shape index (κ2) is 5.29. The van der Waals surface area contributed by atoms with Crippen LogP contribution in [0.4, 0.5) is 5.69 Å². The lowest BCUT2D eigenvalue weighted by Crippen LogP contribution is -2.16. The third-order valence-corrected chi connectivity index (χ3v) is 4.18. The summed E-state index contributed by atoms with van der Waals surface area (Å²) < 4.78 is 0. The summed E-state index contributed by atoms with van der Waals surface area (Å²) in [5.74, 6) is 0.0486. The van der Waals surface area contributed by atoms with Crippen molar-refractivity contribution < 1.29 is 4.79 Å². The van der Waals surface area contributed by atoms with Crippen LogP contribution in [-0.4, -0.2) is 12.3 Å². The Balaban J connectivity index is 2.04. The molecule has 0 bridgehead atoms. The van der Waals surface area contributed by atoms with Gasteiger partial charge in [0.05, 0.1) is 0 Å². The highest BCUT2D eigenvalue weighted by atomic mass is 35.5. The summed E-state index contributed by atoms with van der Waals surface area (Å²) in [6.07, 6.45) is 2.01. The number of benzene rings is 2. The van der Waals surface area contributed by atoms with Crippen LogP contribution >= 0.6 is 11.6 Å². The second-order valence-corrected chi connectivity index (χ2v) is 5.56. The summed E-state index contributed by atoms with van der Waals surface area (Å²) in [5, 5.41) is 3.99. The molecule has 0 unspecified atom stereocenters. The van der Waals surface area contributed by atoms with Crippen molar-refractivity contribution in [3.8, 4) is 0 Å². The van der Waals surface area contributed by atoms with Gasteiger partial charge in [-0.1, -0.05) is 35.9 Å². The van der Waals surface area contributed by atoms with Crippen LogP contribution in [0.25, 0.3) is 0 Å². The quantitative estimate of drug-likeness (QED) is 0.836. The number of carbonyl (C=O) groups is 1. The smallest absolute Gasteiger partial charge is 0.193 e. The average Bonchev–Trinajstić information content (AvgIpc) is 2.49. The average molecular weight is 286 g/mol. The summed E-state index contributed by atoms with van der Waals surface area (Å²) >= 11 is 6.12. The molecule has 0 aliphatic carbocycles. The van der Waals surface area contributed by atoms with E-state index >= 15 is 0 Å². The normalized spacial score (nSPS) is 13.5. The predicted molar refractivity (Wildman–Crippen MR) is 82.9 cm³/mol. The van der Waals surface area contributed by atoms with E-state index in [2.05, 4.69) is 5.32 Å². The number of halogens is 1. The SMILES string of the molecule is Cc1ccc(C(=O)c2cccc3c2CCCN3)cc1Cl. The maximum atomic E-state index is 12.7. The van der Waals surface area contributed by atoms with Crippen molar-refractivity contribution in [1.29, 1.82) is 0 Å². The fraction of sp³-hybridized carbons (Fsp3) is 0.235. The fourth-order valence-corrected chi connectivity index (χ4v) is 2.79. The van der Waals surface area contributed by atoms with Gasteiger partial charge in [0.15, 0.2) is 5.78 Å². The molecule has 1 aliphatic rings. The molecule has 2 aromatic carbocycles. The molecular formula is C17H16ClNO. The van der Waals surface area contributed by atoms with Crippen molar-refractivity contribution in [1.82, 2.24) is 0 Å². The predicted octanol–water partition coefficient (Wildman–Crippen LogP) is 4.24. The number of rotatable bonds is 2. The topological polar surface area (TPSA) is 29.1 Å². The first-order valence-corrected chi connectivity index (χ1v) is 7.21.